The molecule has 0 spiro atoms. The molecule has 0 aromatic heterocycles. The van der Waals surface area contributed by atoms with Crippen molar-refractivity contribution < 1.29 is 9.53 Å². The number of rotatable bonds is 8. The van der Waals surface area contributed by atoms with Crippen LogP contribution in [0.25, 0.3) is 0 Å². The van der Waals surface area contributed by atoms with Crippen molar-refractivity contribution in [3.8, 4) is 5.75 Å². The minimum Gasteiger partial charge on any atom is -0.494 e. The second kappa shape index (κ2) is 10.3. The molecule has 3 unspecified atom stereocenters. The van der Waals surface area contributed by atoms with Gasteiger partial charge in [-0.1, -0.05) is 56.3 Å². The average molecular weight is 422 g/mol. The van der Waals surface area contributed by atoms with Crippen LogP contribution in [0.5, 0.6) is 5.75 Å². The van der Waals surface area contributed by atoms with Crippen LogP contribution in [-0.2, 0) is 11.2 Å². The summed E-state index contributed by atoms with van der Waals surface area (Å²) in [7, 11) is 0. The zero-order valence-electron chi connectivity index (χ0n) is 18.7. The van der Waals surface area contributed by atoms with Gasteiger partial charge in [0.2, 0.25) is 5.91 Å². The number of benzene rings is 2. The van der Waals surface area contributed by atoms with Crippen molar-refractivity contribution in [1.29, 1.82) is 0 Å². The lowest BCUT2D eigenvalue weighted by molar-refractivity contribution is -0.129. The maximum Gasteiger partial charge on any atom is 0.226 e. The number of amides is 1. The van der Waals surface area contributed by atoms with Gasteiger partial charge in [-0.15, -0.1) is 0 Å². The first-order valence-electron chi connectivity index (χ1n) is 11.6. The van der Waals surface area contributed by atoms with Gasteiger partial charge >= 0.3 is 0 Å². The molecule has 2 heterocycles. The van der Waals surface area contributed by atoms with Gasteiger partial charge in [0.05, 0.1) is 13.0 Å². The molecule has 2 aromatic carbocycles. The van der Waals surface area contributed by atoms with Gasteiger partial charge in [0.15, 0.2) is 0 Å². The Kier molecular flexibility index (Phi) is 7.25. The second-order valence-corrected chi connectivity index (χ2v) is 9.24. The topological polar surface area (TPSA) is 53.6 Å². The first-order chi connectivity index (χ1) is 15.1. The third-order valence-corrected chi connectivity index (χ3v) is 6.64. The molecule has 1 amide bonds. The molecule has 5 heteroatoms. The SMILES string of the molecule is CC(C)c1ccc(OCCC2CC(C3CCN(C(=O)Cc4ccccc4)C3)NN2)cc1. The number of nitrogens with one attached hydrogen (secondary N) is 2. The summed E-state index contributed by atoms with van der Waals surface area (Å²) in [6.45, 7) is 6.84. The van der Waals surface area contributed by atoms with Gasteiger partial charge < -0.3 is 9.64 Å². The molecule has 31 heavy (non-hydrogen) atoms. The molecule has 5 nitrogen and oxygen atoms in total. The molecule has 166 valence electrons. The van der Waals surface area contributed by atoms with E-state index in [4.69, 9.17) is 4.74 Å². The molecule has 2 N–H and O–H groups in total. The summed E-state index contributed by atoms with van der Waals surface area (Å²) in [5.41, 5.74) is 9.36. The van der Waals surface area contributed by atoms with E-state index in [0.29, 0.717) is 36.9 Å². The lowest BCUT2D eigenvalue weighted by atomic mass is 9.94. The summed E-state index contributed by atoms with van der Waals surface area (Å²) in [4.78, 5) is 14.7. The highest BCUT2D eigenvalue weighted by Gasteiger charge is 2.35. The Balaban J connectivity index is 1.17. The van der Waals surface area contributed by atoms with Gasteiger partial charge in [-0.25, -0.2) is 0 Å². The number of nitrogens with zero attached hydrogens (tertiary/aromatic N) is 1. The Hall–Kier alpha value is -2.37. The lowest BCUT2D eigenvalue weighted by Crippen LogP contribution is -2.39. The van der Waals surface area contributed by atoms with E-state index in [9.17, 15) is 4.79 Å². The fraction of sp³-hybridized carbons (Fsp3) is 0.500. The Morgan fingerprint density at radius 1 is 1.10 bits per heavy atom. The average Bonchev–Trinajstić information content (AvgIpc) is 3.45. The highest BCUT2D eigenvalue weighted by molar-refractivity contribution is 5.79. The van der Waals surface area contributed by atoms with Crippen molar-refractivity contribution in [3.63, 3.8) is 0 Å². The smallest absolute Gasteiger partial charge is 0.226 e. The van der Waals surface area contributed by atoms with Crippen LogP contribution in [-0.4, -0.2) is 42.6 Å². The molecule has 4 rings (SSSR count). The maximum atomic E-state index is 12.6. The van der Waals surface area contributed by atoms with Crippen LogP contribution >= 0.6 is 0 Å². The Bertz CT molecular complexity index is 837. The van der Waals surface area contributed by atoms with E-state index in [-0.39, 0.29) is 5.91 Å². The van der Waals surface area contributed by atoms with E-state index in [1.54, 1.807) is 0 Å². The molecule has 0 bridgehead atoms. The van der Waals surface area contributed by atoms with E-state index in [1.165, 1.54) is 5.56 Å². The van der Waals surface area contributed by atoms with E-state index < -0.39 is 0 Å². The van der Waals surface area contributed by atoms with Crippen LogP contribution in [0.3, 0.4) is 0 Å². The summed E-state index contributed by atoms with van der Waals surface area (Å²) in [5, 5.41) is 0. The maximum absolute atomic E-state index is 12.6. The molecule has 2 saturated heterocycles. The minimum atomic E-state index is 0.244. The molecule has 0 saturated carbocycles. The largest absolute Gasteiger partial charge is 0.494 e. The van der Waals surface area contributed by atoms with Crippen LogP contribution in [0.4, 0.5) is 0 Å². The fourth-order valence-corrected chi connectivity index (χ4v) is 4.64. The number of hydrazine groups is 1. The van der Waals surface area contributed by atoms with Crippen LogP contribution in [0.1, 0.15) is 50.2 Å². The number of ether oxygens (including phenoxy) is 1. The predicted octanol–water partition coefficient (Wildman–Crippen LogP) is 3.91. The van der Waals surface area contributed by atoms with Crippen molar-refractivity contribution in [2.75, 3.05) is 19.7 Å². The highest BCUT2D eigenvalue weighted by Crippen LogP contribution is 2.26. The monoisotopic (exact) mass is 421 g/mol. The van der Waals surface area contributed by atoms with Gasteiger partial charge in [-0.3, -0.25) is 15.6 Å². The van der Waals surface area contributed by atoms with Crippen molar-refractivity contribution in [3.05, 3.63) is 65.7 Å². The molecular weight excluding hydrogens is 386 g/mol. The van der Waals surface area contributed by atoms with Gasteiger partial charge in [0.25, 0.3) is 0 Å². The summed E-state index contributed by atoms with van der Waals surface area (Å²) >= 11 is 0. The van der Waals surface area contributed by atoms with Crippen LogP contribution in [0, 0.1) is 5.92 Å². The third-order valence-electron chi connectivity index (χ3n) is 6.64. The summed E-state index contributed by atoms with van der Waals surface area (Å²) in [5.74, 6) is 2.24. The van der Waals surface area contributed by atoms with Crippen LogP contribution in [0.2, 0.25) is 0 Å². The third kappa shape index (κ3) is 5.86. The number of hydrogen-bond donors (Lipinski definition) is 2. The van der Waals surface area contributed by atoms with Crippen molar-refractivity contribution in [2.24, 2.45) is 5.92 Å². The highest BCUT2D eigenvalue weighted by atomic mass is 16.5. The molecule has 2 fully saturated rings. The van der Waals surface area contributed by atoms with Crippen molar-refractivity contribution in [1.82, 2.24) is 15.8 Å². The Morgan fingerprint density at radius 2 is 1.87 bits per heavy atom. The first kappa shape index (κ1) is 21.8. The zero-order valence-corrected chi connectivity index (χ0v) is 18.7. The first-order valence-corrected chi connectivity index (χ1v) is 11.6. The Morgan fingerprint density at radius 3 is 2.61 bits per heavy atom. The molecular formula is C26H35N3O2. The quantitative estimate of drug-likeness (QED) is 0.679. The van der Waals surface area contributed by atoms with Crippen molar-refractivity contribution in [2.45, 2.75) is 57.5 Å². The van der Waals surface area contributed by atoms with E-state index >= 15 is 0 Å². The predicted molar refractivity (Wildman–Crippen MR) is 124 cm³/mol. The molecule has 2 aromatic rings. The molecule has 0 radical (unpaired) electrons. The number of likely N-dealkylation sites (tertiary alicyclic amines) is 1. The Labute approximate surface area is 186 Å². The summed E-state index contributed by atoms with van der Waals surface area (Å²) < 4.78 is 5.95. The summed E-state index contributed by atoms with van der Waals surface area (Å²) in [6, 6.07) is 19.3. The normalized spacial score (nSPS) is 23.5. The summed E-state index contributed by atoms with van der Waals surface area (Å²) in [6.07, 6.45) is 3.63. The zero-order chi connectivity index (χ0) is 21.6. The number of carbonyl (C=O) groups excluding carboxylic acids is 1. The van der Waals surface area contributed by atoms with Gasteiger partial charge in [-0.2, -0.15) is 0 Å². The number of carbonyl (C=O) groups is 1. The molecule has 3 atom stereocenters. The molecule has 2 aliphatic rings. The van der Waals surface area contributed by atoms with Gasteiger partial charge in [0, 0.05) is 25.2 Å². The van der Waals surface area contributed by atoms with Gasteiger partial charge in [-0.05, 0) is 54.4 Å². The van der Waals surface area contributed by atoms with E-state index in [0.717, 1.165) is 43.7 Å². The minimum absolute atomic E-state index is 0.244. The molecule has 0 aliphatic carbocycles. The molecule has 2 aliphatic heterocycles. The van der Waals surface area contributed by atoms with Crippen molar-refractivity contribution >= 4 is 5.91 Å². The standard InChI is InChI=1S/C26H35N3O2/c1-19(2)21-8-10-24(11-9-21)31-15-13-23-17-25(28-27-23)22-12-14-29(18-22)26(30)16-20-6-4-3-5-7-20/h3-11,19,22-23,25,27-28H,12-18H2,1-2H3. The fourth-order valence-electron chi connectivity index (χ4n) is 4.64. The van der Waals surface area contributed by atoms with Crippen LogP contribution < -0.4 is 15.6 Å². The van der Waals surface area contributed by atoms with Crippen LogP contribution in [0.15, 0.2) is 54.6 Å². The van der Waals surface area contributed by atoms with Gasteiger partial charge in [0.1, 0.15) is 5.75 Å². The lowest BCUT2D eigenvalue weighted by Gasteiger charge is -2.20. The second-order valence-electron chi connectivity index (χ2n) is 9.24. The van der Waals surface area contributed by atoms with E-state index in [1.807, 2.05) is 35.2 Å². The van der Waals surface area contributed by atoms with E-state index in [2.05, 4.69) is 49.0 Å². The number of hydrogen-bond acceptors (Lipinski definition) is 4.